The van der Waals surface area contributed by atoms with Crippen molar-refractivity contribution in [2.24, 2.45) is 0 Å². The van der Waals surface area contributed by atoms with Crippen LogP contribution in [0.1, 0.15) is 25.0 Å². The van der Waals surface area contributed by atoms with Crippen molar-refractivity contribution in [1.82, 2.24) is 0 Å². The summed E-state index contributed by atoms with van der Waals surface area (Å²) in [5.41, 5.74) is 5.60. The first-order valence-electron chi connectivity index (χ1n) is 16.9. The molecule has 6 aromatic rings. The van der Waals surface area contributed by atoms with Crippen molar-refractivity contribution in [2.75, 3.05) is 13.2 Å². The molecule has 7 rings (SSSR count). The average molecular weight is 839 g/mol. The van der Waals surface area contributed by atoms with E-state index in [0.717, 1.165) is 27.2 Å². The van der Waals surface area contributed by atoms with Crippen molar-refractivity contribution in [3.63, 3.8) is 0 Å². The Hall–Kier alpha value is -4.83. The van der Waals surface area contributed by atoms with Crippen LogP contribution in [0.5, 0.6) is 0 Å². The zero-order valence-corrected chi connectivity index (χ0v) is 31.6. The van der Waals surface area contributed by atoms with Crippen LogP contribution in [-0.2, 0) is 22.7 Å². The number of allylic oxidation sites excluding steroid dienone is 5. The zero-order valence-electron chi connectivity index (χ0n) is 28.2. The molecular weight excluding hydrogens is 802 g/mol. The van der Waals surface area contributed by atoms with Crippen LogP contribution < -0.4 is 15.9 Å². The Morgan fingerprint density at radius 1 is 0.620 bits per heavy atom. The molecule has 1 saturated heterocycles. The fourth-order valence-electron chi connectivity index (χ4n) is 7.05. The molecule has 50 heavy (non-hydrogen) atoms. The van der Waals surface area contributed by atoms with Gasteiger partial charge in [-0.1, -0.05) is 0 Å². The summed E-state index contributed by atoms with van der Waals surface area (Å²) >= 11 is 1.79. The van der Waals surface area contributed by atoms with E-state index in [1.54, 1.807) is 17.9 Å². The molecule has 0 aliphatic carbocycles. The van der Waals surface area contributed by atoms with E-state index in [1.165, 1.54) is 43.4 Å². The first-order chi connectivity index (χ1) is 24.7. The Bertz CT molecular complexity index is 2260. The van der Waals surface area contributed by atoms with E-state index in [2.05, 4.69) is 194 Å². The summed E-state index contributed by atoms with van der Waals surface area (Å²) < 4.78 is 9.83. The van der Waals surface area contributed by atoms with E-state index in [1.807, 2.05) is 0 Å². The second-order valence-corrected chi connectivity index (χ2v) is 16.1. The van der Waals surface area contributed by atoms with Crippen molar-refractivity contribution in [2.45, 2.75) is 13.8 Å². The van der Waals surface area contributed by atoms with Crippen molar-refractivity contribution >= 4 is 50.8 Å². The van der Waals surface area contributed by atoms with Crippen molar-refractivity contribution in [3.8, 4) is 16.2 Å². The Balaban J connectivity index is 1.64. The van der Waals surface area contributed by atoms with Crippen LogP contribution in [-0.4, -0.2) is 13.2 Å². The van der Waals surface area contributed by atoms with Crippen molar-refractivity contribution < 1.29 is 22.7 Å². The Kier molecular flexibility index (Phi) is 10.3. The molecule has 0 bridgehead atoms. The van der Waals surface area contributed by atoms with Gasteiger partial charge in [-0.05, 0) is 0 Å². The van der Waals surface area contributed by atoms with E-state index >= 15 is 0 Å². The molecule has 1 nitrogen and oxygen atoms in total. The molecular formula is C47H37OOsP+. The van der Waals surface area contributed by atoms with E-state index in [-0.39, 0.29) is 0 Å². The van der Waals surface area contributed by atoms with Gasteiger partial charge >= 0.3 is 308 Å². The summed E-state index contributed by atoms with van der Waals surface area (Å²) in [5.74, 6) is 7.62. The van der Waals surface area contributed by atoms with Crippen LogP contribution in [0.3, 0.4) is 0 Å². The second kappa shape index (κ2) is 15.4. The molecule has 1 aliphatic rings. The van der Waals surface area contributed by atoms with Gasteiger partial charge in [-0.25, -0.2) is 0 Å². The molecule has 6 aromatic carbocycles. The fourth-order valence-corrected chi connectivity index (χ4v) is 12.8. The van der Waals surface area contributed by atoms with E-state index in [9.17, 15) is 0 Å². The molecule has 1 aliphatic heterocycles. The number of benzene rings is 6. The molecule has 0 atom stereocenters. The molecule has 1 fully saturated rings. The Morgan fingerprint density at radius 3 is 1.54 bits per heavy atom. The van der Waals surface area contributed by atoms with Crippen molar-refractivity contribution in [3.05, 3.63) is 191 Å². The molecule has 0 saturated carbocycles. The topological polar surface area (TPSA) is 9.23 Å². The molecule has 1 heterocycles. The monoisotopic (exact) mass is 840 g/mol. The van der Waals surface area contributed by atoms with Gasteiger partial charge in [0.25, 0.3) is 0 Å². The summed E-state index contributed by atoms with van der Waals surface area (Å²) in [5, 5.41) is 9.64. The van der Waals surface area contributed by atoms with Crippen LogP contribution in [0.15, 0.2) is 180 Å². The van der Waals surface area contributed by atoms with Crippen LogP contribution in [0, 0.1) is 16.2 Å². The van der Waals surface area contributed by atoms with Gasteiger partial charge in [0.05, 0.1) is 0 Å². The molecule has 0 aromatic heterocycles. The maximum atomic E-state index is 6.01. The van der Waals surface area contributed by atoms with Gasteiger partial charge in [0, 0.05) is 0 Å². The van der Waals surface area contributed by atoms with Gasteiger partial charge in [-0.3, -0.25) is 0 Å². The van der Waals surface area contributed by atoms with Crippen LogP contribution in [0.25, 0.3) is 27.6 Å². The van der Waals surface area contributed by atoms with Gasteiger partial charge in [0.15, 0.2) is 0 Å². The Labute approximate surface area is 306 Å². The number of ether oxygens (including phenoxy) is 1. The van der Waals surface area contributed by atoms with Gasteiger partial charge < -0.3 is 0 Å². The van der Waals surface area contributed by atoms with Gasteiger partial charge in [-0.2, -0.15) is 0 Å². The molecule has 243 valence electrons. The van der Waals surface area contributed by atoms with Gasteiger partial charge in [-0.15, -0.1) is 0 Å². The third kappa shape index (κ3) is 6.21. The van der Waals surface area contributed by atoms with E-state index in [0.29, 0.717) is 13.2 Å². The first kappa shape index (κ1) is 33.7. The number of hydrogen-bond donors (Lipinski definition) is 0. The third-order valence-electron chi connectivity index (χ3n) is 9.33. The summed E-state index contributed by atoms with van der Waals surface area (Å²) in [7, 11) is -2.48. The fraction of sp³-hybridized carbons (Fsp3) is 0.0851. The summed E-state index contributed by atoms with van der Waals surface area (Å²) in [4.78, 5) is 0. The molecule has 0 spiro atoms. The van der Waals surface area contributed by atoms with Crippen LogP contribution in [0.2, 0.25) is 0 Å². The molecule has 0 unspecified atom stereocenters. The summed E-state index contributed by atoms with van der Waals surface area (Å²) in [6.45, 7) is 5.33. The summed E-state index contributed by atoms with van der Waals surface area (Å²) in [6, 6.07) is 50.2. The van der Waals surface area contributed by atoms with E-state index in [4.69, 9.17) is 4.74 Å². The molecule has 0 radical (unpaired) electrons. The van der Waals surface area contributed by atoms with Gasteiger partial charge in [0.2, 0.25) is 0 Å². The SMILES string of the molecule is CC=C1COCC1=CC(C#Cc1c2ccccc2c(/C=C/C)c2ccccc12)=C([C]#[Os])[P+](c1ccccc1)(c1ccccc1)c1ccccc1. The quantitative estimate of drug-likeness (QED) is 0.0923. The molecule has 3 heteroatoms. The Morgan fingerprint density at radius 2 is 1.08 bits per heavy atom. The molecule has 0 amide bonds. The molecule has 0 N–H and O–H groups in total. The normalized spacial score (nSPS) is 15.3. The number of hydrogen-bond acceptors (Lipinski definition) is 1. The predicted octanol–water partition coefficient (Wildman–Crippen LogP) is 10.0. The third-order valence-corrected chi connectivity index (χ3v) is 14.7. The minimum absolute atomic E-state index is 0.557. The maximum absolute atomic E-state index is 6.01. The standard InChI is InChI=1S/C47H37OP.Os/c1-4-19-42-43-26-15-17-28-45(43)47(46-29-18-16-27-44(42)46)31-30-37(32-38-34-48-33-36(38)5-2)35(3)49(39-20-9-6-10-21-39,40-22-11-7-12-23-40)41-24-13-8-14-25-41;/h4-29,32H,33-34H2,1-2H3;/q+1;/b19-4+,36-5?,37-35?,38-32?;. The second-order valence-electron chi connectivity index (χ2n) is 12.1. The van der Waals surface area contributed by atoms with E-state index < -0.39 is 7.26 Å². The number of fused-ring (bicyclic) bond motifs is 2. The first-order valence-corrected chi connectivity index (χ1v) is 19.9. The zero-order chi connectivity index (χ0) is 34.3. The van der Waals surface area contributed by atoms with Crippen LogP contribution in [0.4, 0.5) is 0 Å². The predicted molar refractivity (Wildman–Crippen MR) is 212 cm³/mol. The number of rotatable bonds is 6. The minimum atomic E-state index is -2.48. The summed E-state index contributed by atoms with van der Waals surface area (Å²) in [6.07, 6.45) is 8.79. The van der Waals surface area contributed by atoms with Crippen LogP contribution >= 0.6 is 7.26 Å². The van der Waals surface area contributed by atoms with Gasteiger partial charge in [0.1, 0.15) is 0 Å². The average Bonchev–Trinajstić information content (AvgIpc) is 3.64. The van der Waals surface area contributed by atoms with Crippen molar-refractivity contribution in [1.29, 1.82) is 0 Å².